The second-order valence-corrected chi connectivity index (χ2v) is 8.88. The van der Waals surface area contributed by atoms with Crippen molar-refractivity contribution >= 4 is 32.6 Å². The molecule has 0 aliphatic carbocycles. The van der Waals surface area contributed by atoms with Gasteiger partial charge in [-0.1, -0.05) is 11.3 Å². The molecule has 1 saturated heterocycles. The first kappa shape index (κ1) is 23.0. The number of fused-ring (bicyclic) bond motifs is 1. The van der Waals surface area contributed by atoms with Crippen molar-refractivity contribution < 1.29 is 23.7 Å². The summed E-state index contributed by atoms with van der Waals surface area (Å²) in [6, 6.07) is 9.59. The summed E-state index contributed by atoms with van der Waals surface area (Å²) in [6.45, 7) is 1.93. The van der Waals surface area contributed by atoms with Gasteiger partial charge in [-0.05, 0) is 48.7 Å². The number of amides is 1. The number of carbonyl (C=O) groups excluding carboxylic acids is 1. The zero-order chi connectivity index (χ0) is 23.4. The molecule has 2 heterocycles. The first-order valence-corrected chi connectivity index (χ1v) is 11.6. The molecule has 33 heavy (non-hydrogen) atoms. The molecule has 1 aliphatic rings. The molecule has 0 radical (unpaired) electrons. The fourth-order valence-corrected chi connectivity index (χ4v) is 5.12. The van der Waals surface area contributed by atoms with Crippen LogP contribution in [0.2, 0.25) is 0 Å². The zero-order valence-electron chi connectivity index (χ0n) is 19.3. The average molecular weight is 472 g/mol. The van der Waals surface area contributed by atoms with E-state index in [0.29, 0.717) is 30.3 Å². The van der Waals surface area contributed by atoms with Crippen molar-refractivity contribution in [1.29, 1.82) is 0 Å². The van der Waals surface area contributed by atoms with Gasteiger partial charge in [0.1, 0.15) is 5.75 Å². The lowest BCUT2D eigenvalue weighted by Gasteiger charge is -2.31. The van der Waals surface area contributed by atoms with Crippen molar-refractivity contribution in [3.05, 3.63) is 35.9 Å². The Bertz CT molecular complexity index is 1110. The number of aromatic nitrogens is 1. The summed E-state index contributed by atoms with van der Waals surface area (Å²) in [7, 11) is 6.39. The van der Waals surface area contributed by atoms with E-state index in [9.17, 15) is 4.79 Å². The van der Waals surface area contributed by atoms with E-state index in [1.54, 1.807) is 39.8 Å². The lowest BCUT2D eigenvalue weighted by atomic mass is 9.97. The van der Waals surface area contributed by atoms with E-state index in [-0.39, 0.29) is 11.8 Å². The van der Waals surface area contributed by atoms with E-state index < -0.39 is 0 Å². The van der Waals surface area contributed by atoms with E-state index in [2.05, 4.69) is 10.2 Å². The second kappa shape index (κ2) is 10.2. The molecular formula is C24H29N3O5S. The number of methoxy groups -OCH3 is 4. The minimum atomic E-state index is -0.0951. The molecule has 1 aliphatic heterocycles. The van der Waals surface area contributed by atoms with Gasteiger partial charge >= 0.3 is 0 Å². The number of benzene rings is 2. The Morgan fingerprint density at radius 3 is 2.52 bits per heavy atom. The maximum absolute atomic E-state index is 13.0. The van der Waals surface area contributed by atoms with E-state index in [1.165, 1.54) is 0 Å². The first-order valence-electron chi connectivity index (χ1n) is 10.8. The third kappa shape index (κ3) is 4.93. The minimum Gasteiger partial charge on any atom is -0.497 e. The van der Waals surface area contributed by atoms with Crippen molar-refractivity contribution in [3.63, 3.8) is 0 Å². The van der Waals surface area contributed by atoms with Crippen LogP contribution in [0.1, 0.15) is 18.4 Å². The van der Waals surface area contributed by atoms with E-state index >= 15 is 0 Å². The summed E-state index contributed by atoms with van der Waals surface area (Å²) in [5, 5.41) is 4.02. The number of piperidine rings is 1. The van der Waals surface area contributed by atoms with E-state index in [1.807, 2.05) is 30.3 Å². The summed E-state index contributed by atoms with van der Waals surface area (Å²) in [5.74, 6) is 2.43. The van der Waals surface area contributed by atoms with E-state index in [0.717, 1.165) is 46.0 Å². The fourth-order valence-electron chi connectivity index (χ4n) is 4.09. The van der Waals surface area contributed by atoms with Gasteiger partial charge in [-0.3, -0.25) is 4.79 Å². The quantitative estimate of drug-likeness (QED) is 0.534. The van der Waals surface area contributed by atoms with Gasteiger partial charge in [0.25, 0.3) is 0 Å². The smallest absolute Gasteiger partial charge is 0.225 e. The van der Waals surface area contributed by atoms with Gasteiger partial charge in [-0.25, -0.2) is 4.98 Å². The van der Waals surface area contributed by atoms with Crippen molar-refractivity contribution in [2.75, 3.05) is 46.4 Å². The monoisotopic (exact) mass is 471 g/mol. The maximum Gasteiger partial charge on any atom is 0.225 e. The van der Waals surface area contributed by atoms with Crippen LogP contribution in [0.3, 0.4) is 0 Å². The molecule has 0 bridgehead atoms. The first-order chi connectivity index (χ1) is 16.1. The van der Waals surface area contributed by atoms with Crippen LogP contribution in [0.15, 0.2) is 30.3 Å². The largest absolute Gasteiger partial charge is 0.497 e. The molecule has 0 saturated carbocycles. The van der Waals surface area contributed by atoms with E-state index in [4.69, 9.17) is 23.9 Å². The van der Waals surface area contributed by atoms with Crippen molar-refractivity contribution in [3.8, 4) is 23.0 Å². The highest BCUT2D eigenvalue weighted by Gasteiger charge is 2.27. The Balaban J connectivity index is 1.42. The standard InChI is InChI=1S/C24H29N3O5S/c1-29-17-7-8-18-21(12-17)33-24(26-18)27-9-5-6-16(14-27)23(28)25-13-15-10-19(30-2)22(32-4)20(11-15)31-3/h7-8,10-12,16H,5-6,9,13-14H2,1-4H3,(H,25,28). The molecule has 0 spiro atoms. The molecule has 4 rings (SSSR count). The van der Waals surface area contributed by atoms with Gasteiger partial charge < -0.3 is 29.2 Å². The van der Waals surface area contributed by atoms with Crippen LogP contribution in [0.4, 0.5) is 5.13 Å². The van der Waals surface area contributed by atoms with Gasteiger partial charge in [-0.2, -0.15) is 0 Å². The van der Waals surface area contributed by atoms with Crippen LogP contribution in [0.25, 0.3) is 10.2 Å². The molecule has 9 heteroatoms. The molecule has 3 aromatic rings. The number of rotatable bonds is 8. The maximum atomic E-state index is 13.0. The van der Waals surface area contributed by atoms with Gasteiger partial charge in [0.2, 0.25) is 11.7 Å². The van der Waals surface area contributed by atoms with Crippen LogP contribution in [0, 0.1) is 5.92 Å². The Morgan fingerprint density at radius 2 is 1.85 bits per heavy atom. The molecule has 8 nitrogen and oxygen atoms in total. The Labute approximate surface area is 197 Å². The molecule has 176 valence electrons. The normalized spacial score (nSPS) is 15.9. The Morgan fingerprint density at radius 1 is 1.09 bits per heavy atom. The molecule has 1 aromatic heterocycles. The summed E-state index contributed by atoms with van der Waals surface area (Å²) in [6.07, 6.45) is 1.80. The second-order valence-electron chi connectivity index (χ2n) is 7.87. The van der Waals surface area contributed by atoms with Crippen molar-refractivity contribution in [1.82, 2.24) is 10.3 Å². The summed E-state index contributed by atoms with van der Waals surface area (Å²) < 4.78 is 22.6. The fraction of sp³-hybridized carbons (Fsp3) is 0.417. The SMILES string of the molecule is COc1ccc2nc(N3CCCC(C(=O)NCc4cc(OC)c(OC)c(OC)c4)C3)sc2c1. The highest BCUT2D eigenvalue weighted by molar-refractivity contribution is 7.22. The molecule has 1 amide bonds. The number of thiazole rings is 1. The molecule has 1 N–H and O–H groups in total. The lowest BCUT2D eigenvalue weighted by molar-refractivity contribution is -0.125. The Hall–Kier alpha value is -3.20. The summed E-state index contributed by atoms with van der Waals surface area (Å²) in [5.41, 5.74) is 1.83. The third-order valence-electron chi connectivity index (χ3n) is 5.84. The highest BCUT2D eigenvalue weighted by atomic mass is 32.1. The zero-order valence-corrected chi connectivity index (χ0v) is 20.2. The number of carbonyl (C=O) groups is 1. The van der Waals surface area contributed by atoms with Crippen LogP contribution >= 0.6 is 11.3 Å². The predicted octanol–water partition coefficient (Wildman–Crippen LogP) is 3.86. The number of hydrogen-bond acceptors (Lipinski definition) is 8. The third-order valence-corrected chi connectivity index (χ3v) is 6.92. The average Bonchev–Trinajstić information content (AvgIpc) is 3.30. The number of nitrogens with zero attached hydrogens (tertiary/aromatic N) is 2. The van der Waals surface area contributed by atoms with Crippen LogP contribution in [-0.2, 0) is 11.3 Å². The predicted molar refractivity (Wildman–Crippen MR) is 129 cm³/mol. The molecule has 1 unspecified atom stereocenters. The topological polar surface area (TPSA) is 82.2 Å². The number of ether oxygens (including phenoxy) is 4. The van der Waals surface area contributed by atoms with Crippen LogP contribution in [0.5, 0.6) is 23.0 Å². The summed E-state index contributed by atoms with van der Waals surface area (Å²) in [4.78, 5) is 20.0. The molecular weight excluding hydrogens is 442 g/mol. The van der Waals surface area contributed by atoms with Crippen LogP contribution < -0.4 is 29.2 Å². The van der Waals surface area contributed by atoms with Crippen LogP contribution in [-0.4, -0.2) is 52.4 Å². The van der Waals surface area contributed by atoms with Gasteiger partial charge in [0.05, 0.1) is 44.6 Å². The Kier molecular flexibility index (Phi) is 7.08. The molecule has 1 atom stereocenters. The minimum absolute atomic E-state index is 0.0382. The number of hydrogen-bond donors (Lipinski definition) is 1. The van der Waals surface area contributed by atoms with Gasteiger partial charge in [0, 0.05) is 19.6 Å². The molecule has 2 aromatic carbocycles. The lowest BCUT2D eigenvalue weighted by Crippen LogP contribution is -2.42. The summed E-state index contributed by atoms with van der Waals surface area (Å²) >= 11 is 1.63. The number of anilines is 1. The van der Waals surface area contributed by atoms with Crippen molar-refractivity contribution in [2.45, 2.75) is 19.4 Å². The van der Waals surface area contributed by atoms with Gasteiger partial charge in [0.15, 0.2) is 16.6 Å². The van der Waals surface area contributed by atoms with Gasteiger partial charge in [-0.15, -0.1) is 0 Å². The van der Waals surface area contributed by atoms with Crippen molar-refractivity contribution in [2.24, 2.45) is 5.92 Å². The highest BCUT2D eigenvalue weighted by Crippen LogP contribution is 2.38. The number of nitrogens with one attached hydrogen (secondary N) is 1. The molecule has 1 fully saturated rings.